The molecule has 1 aromatic rings. The SMILES string of the molecule is CC(C)C(N)CC(=O)Nc1ccc(N2CCCC2)c(F)c1. The molecule has 0 spiro atoms. The number of nitrogens with two attached hydrogens (primary N) is 1. The Labute approximate surface area is 125 Å². The predicted octanol–water partition coefficient (Wildman–Crippen LogP) is 2.74. The van der Waals surface area contributed by atoms with Gasteiger partial charge in [-0.15, -0.1) is 0 Å². The lowest BCUT2D eigenvalue weighted by Gasteiger charge is -2.19. The van der Waals surface area contributed by atoms with Gasteiger partial charge < -0.3 is 16.0 Å². The number of anilines is 2. The first-order valence-corrected chi connectivity index (χ1v) is 7.57. The molecule has 0 aromatic heterocycles. The molecule has 0 aliphatic carbocycles. The minimum Gasteiger partial charge on any atom is -0.369 e. The van der Waals surface area contributed by atoms with Crippen molar-refractivity contribution in [2.24, 2.45) is 11.7 Å². The van der Waals surface area contributed by atoms with Crippen LogP contribution in [0.2, 0.25) is 0 Å². The summed E-state index contributed by atoms with van der Waals surface area (Å²) < 4.78 is 14.1. The molecule has 0 bridgehead atoms. The summed E-state index contributed by atoms with van der Waals surface area (Å²) in [5.74, 6) is -0.225. The Hall–Kier alpha value is -1.62. The number of hydrogen-bond donors (Lipinski definition) is 2. The van der Waals surface area contributed by atoms with Crippen molar-refractivity contribution in [2.75, 3.05) is 23.3 Å². The van der Waals surface area contributed by atoms with E-state index >= 15 is 0 Å². The Bertz CT molecular complexity index is 498. The van der Waals surface area contributed by atoms with Crippen molar-refractivity contribution >= 4 is 17.3 Å². The van der Waals surface area contributed by atoms with Crippen LogP contribution in [0, 0.1) is 11.7 Å². The summed E-state index contributed by atoms with van der Waals surface area (Å²) >= 11 is 0. The first-order valence-electron chi connectivity index (χ1n) is 7.57. The molecule has 116 valence electrons. The summed E-state index contributed by atoms with van der Waals surface area (Å²) in [5.41, 5.74) is 6.96. The van der Waals surface area contributed by atoms with Crippen LogP contribution in [0.3, 0.4) is 0 Å². The molecule has 4 nitrogen and oxygen atoms in total. The third kappa shape index (κ3) is 4.17. The second-order valence-electron chi connectivity index (χ2n) is 6.02. The van der Waals surface area contributed by atoms with Crippen LogP contribution in [-0.2, 0) is 4.79 Å². The molecule has 2 rings (SSSR count). The van der Waals surface area contributed by atoms with Crippen LogP contribution >= 0.6 is 0 Å². The van der Waals surface area contributed by atoms with Crippen molar-refractivity contribution in [3.8, 4) is 0 Å². The van der Waals surface area contributed by atoms with Crippen molar-refractivity contribution in [1.82, 2.24) is 0 Å². The molecule has 1 amide bonds. The summed E-state index contributed by atoms with van der Waals surface area (Å²) in [7, 11) is 0. The van der Waals surface area contributed by atoms with Gasteiger partial charge in [0, 0.05) is 31.2 Å². The molecule has 21 heavy (non-hydrogen) atoms. The van der Waals surface area contributed by atoms with Crippen LogP contribution in [0.25, 0.3) is 0 Å². The van der Waals surface area contributed by atoms with Gasteiger partial charge in [0.1, 0.15) is 5.82 Å². The van der Waals surface area contributed by atoms with Crippen LogP contribution in [0.1, 0.15) is 33.1 Å². The van der Waals surface area contributed by atoms with E-state index in [1.807, 2.05) is 18.7 Å². The Morgan fingerprint density at radius 1 is 1.38 bits per heavy atom. The number of nitrogens with one attached hydrogen (secondary N) is 1. The lowest BCUT2D eigenvalue weighted by molar-refractivity contribution is -0.116. The zero-order chi connectivity index (χ0) is 15.4. The first kappa shape index (κ1) is 15.8. The molecule has 1 aliphatic heterocycles. The molecular formula is C16H24FN3O. The van der Waals surface area contributed by atoms with Crippen molar-refractivity contribution in [2.45, 2.75) is 39.2 Å². The maximum atomic E-state index is 14.1. The van der Waals surface area contributed by atoms with E-state index in [0.717, 1.165) is 25.9 Å². The number of amides is 1. The molecular weight excluding hydrogens is 269 g/mol. The molecule has 1 aliphatic rings. The molecule has 1 fully saturated rings. The number of carbonyl (C=O) groups is 1. The number of carbonyl (C=O) groups excluding carboxylic acids is 1. The summed E-state index contributed by atoms with van der Waals surface area (Å²) in [4.78, 5) is 13.9. The van der Waals surface area contributed by atoms with E-state index in [2.05, 4.69) is 5.32 Å². The van der Waals surface area contributed by atoms with Crippen LogP contribution < -0.4 is 16.0 Å². The van der Waals surface area contributed by atoms with E-state index < -0.39 is 0 Å². The van der Waals surface area contributed by atoms with E-state index in [4.69, 9.17) is 5.73 Å². The van der Waals surface area contributed by atoms with Crippen LogP contribution in [0.5, 0.6) is 0 Å². The Balaban J connectivity index is 1.98. The van der Waals surface area contributed by atoms with Crippen molar-refractivity contribution in [1.29, 1.82) is 0 Å². The zero-order valence-corrected chi connectivity index (χ0v) is 12.7. The second kappa shape index (κ2) is 6.89. The van der Waals surface area contributed by atoms with E-state index in [1.165, 1.54) is 6.07 Å². The molecule has 0 saturated carbocycles. The van der Waals surface area contributed by atoms with Gasteiger partial charge in [-0.2, -0.15) is 0 Å². The van der Waals surface area contributed by atoms with Crippen LogP contribution in [-0.4, -0.2) is 25.0 Å². The van der Waals surface area contributed by atoms with Gasteiger partial charge in [0.25, 0.3) is 0 Å². The Kier molecular flexibility index (Phi) is 5.17. The quantitative estimate of drug-likeness (QED) is 0.877. The van der Waals surface area contributed by atoms with Gasteiger partial charge in [0.05, 0.1) is 5.69 Å². The fourth-order valence-electron chi connectivity index (χ4n) is 2.46. The fraction of sp³-hybridized carbons (Fsp3) is 0.562. The number of nitrogens with zero attached hydrogens (tertiary/aromatic N) is 1. The molecule has 0 radical (unpaired) electrons. The van der Waals surface area contributed by atoms with E-state index in [0.29, 0.717) is 11.4 Å². The molecule has 1 atom stereocenters. The highest BCUT2D eigenvalue weighted by molar-refractivity contribution is 5.91. The minimum absolute atomic E-state index is 0.176. The maximum absolute atomic E-state index is 14.1. The average molecular weight is 293 g/mol. The topological polar surface area (TPSA) is 58.4 Å². The molecule has 1 unspecified atom stereocenters. The molecule has 3 N–H and O–H groups in total. The number of rotatable bonds is 5. The third-order valence-electron chi connectivity index (χ3n) is 3.96. The summed E-state index contributed by atoms with van der Waals surface area (Å²) in [6.07, 6.45) is 2.45. The van der Waals surface area contributed by atoms with E-state index in [1.54, 1.807) is 12.1 Å². The van der Waals surface area contributed by atoms with Gasteiger partial charge in [-0.3, -0.25) is 4.79 Å². The number of benzene rings is 1. The van der Waals surface area contributed by atoms with Gasteiger partial charge in [-0.1, -0.05) is 13.8 Å². The number of halogens is 1. The van der Waals surface area contributed by atoms with Gasteiger partial charge in [0.2, 0.25) is 5.91 Å². The molecule has 1 aromatic carbocycles. The van der Waals surface area contributed by atoms with E-state index in [-0.39, 0.29) is 30.1 Å². The van der Waals surface area contributed by atoms with Crippen molar-refractivity contribution < 1.29 is 9.18 Å². The summed E-state index contributed by atoms with van der Waals surface area (Å²) in [5, 5.41) is 2.71. The first-order chi connectivity index (χ1) is 9.97. The molecule has 1 heterocycles. The van der Waals surface area contributed by atoms with Crippen LogP contribution in [0.4, 0.5) is 15.8 Å². The summed E-state index contributed by atoms with van der Waals surface area (Å²) in [6.45, 7) is 5.74. The normalized spacial score (nSPS) is 16.3. The second-order valence-corrected chi connectivity index (χ2v) is 6.02. The van der Waals surface area contributed by atoms with Crippen molar-refractivity contribution in [3.05, 3.63) is 24.0 Å². The largest absolute Gasteiger partial charge is 0.369 e. The standard InChI is InChI=1S/C16H24FN3O/c1-11(2)14(18)10-16(21)19-12-5-6-15(13(17)9-12)20-7-3-4-8-20/h5-6,9,11,14H,3-4,7-8,10,18H2,1-2H3,(H,19,21). The summed E-state index contributed by atoms with van der Waals surface area (Å²) in [6, 6.07) is 4.68. The smallest absolute Gasteiger partial charge is 0.225 e. The van der Waals surface area contributed by atoms with E-state index in [9.17, 15) is 9.18 Å². The number of hydrogen-bond acceptors (Lipinski definition) is 3. The third-order valence-corrected chi connectivity index (χ3v) is 3.96. The lowest BCUT2D eigenvalue weighted by atomic mass is 10.0. The monoisotopic (exact) mass is 293 g/mol. The van der Waals surface area contributed by atoms with Crippen molar-refractivity contribution in [3.63, 3.8) is 0 Å². The molecule has 5 heteroatoms. The highest BCUT2D eigenvalue weighted by Gasteiger charge is 2.17. The lowest BCUT2D eigenvalue weighted by Crippen LogP contribution is -2.31. The molecule has 1 saturated heterocycles. The average Bonchev–Trinajstić information content (AvgIpc) is 2.92. The Morgan fingerprint density at radius 2 is 2.05 bits per heavy atom. The zero-order valence-electron chi connectivity index (χ0n) is 12.7. The van der Waals surface area contributed by atoms with Gasteiger partial charge in [-0.05, 0) is 37.0 Å². The maximum Gasteiger partial charge on any atom is 0.225 e. The highest BCUT2D eigenvalue weighted by atomic mass is 19.1. The Morgan fingerprint density at radius 3 is 2.62 bits per heavy atom. The predicted molar refractivity (Wildman–Crippen MR) is 83.9 cm³/mol. The fourth-order valence-corrected chi connectivity index (χ4v) is 2.46. The van der Waals surface area contributed by atoms with Gasteiger partial charge in [-0.25, -0.2) is 4.39 Å². The highest BCUT2D eigenvalue weighted by Crippen LogP contribution is 2.26. The minimum atomic E-state index is -0.289. The van der Waals surface area contributed by atoms with Gasteiger partial charge in [0.15, 0.2) is 0 Å². The van der Waals surface area contributed by atoms with Gasteiger partial charge >= 0.3 is 0 Å². The van der Waals surface area contributed by atoms with Crippen LogP contribution in [0.15, 0.2) is 18.2 Å².